The van der Waals surface area contributed by atoms with Crippen LogP contribution in [-0.2, 0) is 19.6 Å². The van der Waals surface area contributed by atoms with Gasteiger partial charge in [0.25, 0.3) is 0 Å². The topological polar surface area (TPSA) is 124 Å². The molecule has 3 atom stereocenters. The number of hydrogen-bond acceptors (Lipinski definition) is 5. The summed E-state index contributed by atoms with van der Waals surface area (Å²) in [6, 6.07) is -2.36. The predicted molar refractivity (Wildman–Crippen MR) is 65.8 cm³/mol. The van der Waals surface area contributed by atoms with Gasteiger partial charge in [-0.1, -0.05) is 0 Å². The van der Waals surface area contributed by atoms with Gasteiger partial charge in [0.1, 0.15) is 6.04 Å². The molecular weight excluding hydrogens is 276 g/mol. The average Bonchev–Trinajstić information content (AvgIpc) is 2.72. The first-order valence-corrected chi connectivity index (χ1v) is 7.67. The van der Waals surface area contributed by atoms with Gasteiger partial charge in [0, 0.05) is 6.54 Å². The Balaban J connectivity index is 2.80. The van der Waals surface area contributed by atoms with E-state index in [1.807, 2.05) is 0 Å². The first-order chi connectivity index (χ1) is 8.64. The molecule has 0 bridgehead atoms. The van der Waals surface area contributed by atoms with Gasteiger partial charge >= 0.3 is 5.97 Å². The van der Waals surface area contributed by atoms with Gasteiger partial charge in [-0.05, 0) is 19.8 Å². The van der Waals surface area contributed by atoms with Crippen LogP contribution >= 0.6 is 0 Å². The van der Waals surface area contributed by atoms with Crippen LogP contribution in [0.4, 0.5) is 0 Å². The van der Waals surface area contributed by atoms with E-state index >= 15 is 0 Å². The van der Waals surface area contributed by atoms with Crippen molar-refractivity contribution in [1.29, 1.82) is 0 Å². The highest BCUT2D eigenvalue weighted by Crippen LogP contribution is 2.20. The number of carboxylic acid groups (broad SMARTS) is 1. The fourth-order valence-electron chi connectivity index (χ4n) is 2.04. The van der Waals surface area contributed by atoms with Gasteiger partial charge in [0.05, 0.1) is 12.4 Å². The second kappa shape index (κ2) is 5.85. The van der Waals surface area contributed by atoms with E-state index in [0.29, 0.717) is 12.8 Å². The number of aliphatic hydroxyl groups is 1. The van der Waals surface area contributed by atoms with Crippen LogP contribution in [0.2, 0.25) is 0 Å². The minimum absolute atomic E-state index is 0.239. The second-order valence-corrected chi connectivity index (χ2v) is 6.53. The van der Waals surface area contributed by atoms with Crippen LogP contribution in [0.15, 0.2) is 0 Å². The van der Waals surface area contributed by atoms with Crippen molar-refractivity contribution in [3.8, 4) is 0 Å². The third-order valence-corrected chi connectivity index (χ3v) is 4.27. The third kappa shape index (κ3) is 3.88. The Bertz CT molecular complexity index is 461. The number of aliphatic hydroxyl groups excluding tert-OH is 1. The predicted octanol–water partition coefficient (Wildman–Crippen LogP) is -1.64. The van der Waals surface area contributed by atoms with Crippen LogP contribution in [0.5, 0.6) is 0 Å². The summed E-state index contributed by atoms with van der Waals surface area (Å²) in [6.45, 7) is 1.48. The number of carboxylic acids is 1. The fourth-order valence-corrected chi connectivity index (χ4v) is 3.16. The highest BCUT2D eigenvalue weighted by Gasteiger charge is 2.38. The third-order valence-electron chi connectivity index (χ3n) is 2.98. The standard InChI is InChI=1S/C10H18N2O6S/c1-6(13)8(10(15)16)11-9(14)7-4-3-5-12(7)19(2,17)18/h6-8,13H,3-5H2,1-2H3,(H,11,14)(H,15,16). The highest BCUT2D eigenvalue weighted by molar-refractivity contribution is 7.88. The van der Waals surface area contributed by atoms with Gasteiger partial charge in [-0.2, -0.15) is 4.31 Å². The molecule has 110 valence electrons. The molecule has 1 heterocycles. The van der Waals surface area contributed by atoms with E-state index in [-0.39, 0.29) is 6.54 Å². The maximum Gasteiger partial charge on any atom is 0.328 e. The van der Waals surface area contributed by atoms with Crippen molar-refractivity contribution in [2.75, 3.05) is 12.8 Å². The van der Waals surface area contributed by atoms with Crippen molar-refractivity contribution >= 4 is 21.9 Å². The molecule has 3 unspecified atom stereocenters. The molecule has 0 radical (unpaired) electrons. The molecule has 0 saturated carbocycles. The Morgan fingerprint density at radius 1 is 1.42 bits per heavy atom. The van der Waals surface area contributed by atoms with Crippen molar-refractivity contribution in [3.63, 3.8) is 0 Å². The van der Waals surface area contributed by atoms with Gasteiger partial charge in [-0.25, -0.2) is 13.2 Å². The van der Waals surface area contributed by atoms with Crippen molar-refractivity contribution in [1.82, 2.24) is 9.62 Å². The molecule has 1 aliphatic heterocycles. The number of carbonyl (C=O) groups is 2. The molecule has 0 spiro atoms. The van der Waals surface area contributed by atoms with Crippen LogP contribution in [-0.4, -0.2) is 65.8 Å². The van der Waals surface area contributed by atoms with Crippen LogP contribution in [0.1, 0.15) is 19.8 Å². The first-order valence-electron chi connectivity index (χ1n) is 5.82. The second-order valence-electron chi connectivity index (χ2n) is 4.60. The maximum absolute atomic E-state index is 11.9. The highest BCUT2D eigenvalue weighted by atomic mass is 32.2. The summed E-state index contributed by atoms with van der Waals surface area (Å²) in [6.07, 6.45) is 0.611. The summed E-state index contributed by atoms with van der Waals surface area (Å²) >= 11 is 0. The molecule has 3 N–H and O–H groups in total. The van der Waals surface area contributed by atoms with Gasteiger partial charge in [-0.15, -0.1) is 0 Å². The Labute approximate surface area is 111 Å². The maximum atomic E-state index is 11.9. The number of carbonyl (C=O) groups excluding carboxylic acids is 1. The first kappa shape index (κ1) is 15.9. The Kier molecular flexibility index (Phi) is 4.88. The normalized spacial score (nSPS) is 23.8. The fraction of sp³-hybridized carbons (Fsp3) is 0.800. The largest absolute Gasteiger partial charge is 0.480 e. The number of rotatable bonds is 5. The Morgan fingerprint density at radius 3 is 2.42 bits per heavy atom. The molecule has 8 nitrogen and oxygen atoms in total. The molecule has 9 heteroatoms. The number of amides is 1. The summed E-state index contributed by atoms with van der Waals surface area (Å²) in [4.78, 5) is 22.8. The van der Waals surface area contributed by atoms with E-state index in [1.54, 1.807) is 0 Å². The van der Waals surface area contributed by atoms with E-state index in [1.165, 1.54) is 6.92 Å². The van der Waals surface area contributed by atoms with E-state index in [9.17, 15) is 23.1 Å². The van der Waals surface area contributed by atoms with Gasteiger partial charge < -0.3 is 15.5 Å². The lowest BCUT2D eigenvalue weighted by atomic mass is 10.1. The van der Waals surface area contributed by atoms with Crippen LogP contribution in [0.3, 0.4) is 0 Å². The molecule has 0 aliphatic carbocycles. The van der Waals surface area contributed by atoms with Gasteiger partial charge in [0.15, 0.2) is 6.04 Å². The summed E-state index contributed by atoms with van der Waals surface area (Å²) in [7, 11) is -3.51. The van der Waals surface area contributed by atoms with E-state index in [4.69, 9.17) is 5.11 Å². The molecule has 19 heavy (non-hydrogen) atoms. The van der Waals surface area contributed by atoms with Crippen molar-refractivity contribution in [2.24, 2.45) is 0 Å². The molecule has 1 rings (SSSR count). The minimum Gasteiger partial charge on any atom is -0.480 e. The van der Waals surface area contributed by atoms with E-state index < -0.39 is 40.1 Å². The Hall–Kier alpha value is -1.19. The van der Waals surface area contributed by atoms with E-state index in [2.05, 4.69) is 5.32 Å². The zero-order valence-corrected chi connectivity index (χ0v) is 11.6. The summed E-state index contributed by atoms with van der Waals surface area (Å²) < 4.78 is 24.0. The lowest BCUT2D eigenvalue weighted by Gasteiger charge is -2.24. The summed E-state index contributed by atoms with van der Waals surface area (Å²) in [5, 5.41) is 20.3. The van der Waals surface area contributed by atoms with Crippen molar-refractivity contribution in [2.45, 2.75) is 38.0 Å². The number of sulfonamides is 1. The molecule has 1 fully saturated rings. The monoisotopic (exact) mass is 294 g/mol. The summed E-state index contributed by atoms with van der Waals surface area (Å²) in [5.41, 5.74) is 0. The number of aliphatic carboxylic acids is 1. The Morgan fingerprint density at radius 2 is 2.00 bits per heavy atom. The lowest BCUT2D eigenvalue weighted by Crippen LogP contribution is -2.53. The van der Waals surface area contributed by atoms with Gasteiger partial charge in [0.2, 0.25) is 15.9 Å². The zero-order chi connectivity index (χ0) is 14.8. The average molecular weight is 294 g/mol. The zero-order valence-electron chi connectivity index (χ0n) is 10.7. The number of nitrogens with zero attached hydrogens (tertiary/aromatic N) is 1. The molecule has 0 aromatic rings. The molecule has 0 aromatic heterocycles. The molecule has 1 saturated heterocycles. The molecular formula is C10H18N2O6S. The smallest absolute Gasteiger partial charge is 0.328 e. The van der Waals surface area contributed by atoms with Gasteiger partial charge in [-0.3, -0.25) is 4.79 Å². The molecule has 1 amide bonds. The van der Waals surface area contributed by atoms with Crippen molar-refractivity contribution < 1.29 is 28.2 Å². The number of hydrogen-bond donors (Lipinski definition) is 3. The lowest BCUT2D eigenvalue weighted by molar-refractivity contribution is -0.145. The minimum atomic E-state index is -3.51. The number of nitrogens with one attached hydrogen (secondary N) is 1. The van der Waals surface area contributed by atoms with Crippen LogP contribution < -0.4 is 5.32 Å². The van der Waals surface area contributed by atoms with Crippen LogP contribution in [0.25, 0.3) is 0 Å². The van der Waals surface area contributed by atoms with E-state index in [0.717, 1.165) is 10.6 Å². The van der Waals surface area contributed by atoms with Crippen LogP contribution in [0, 0.1) is 0 Å². The molecule has 0 aromatic carbocycles. The van der Waals surface area contributed by atoms with Crippen molar-refractivity contribution in [3.05, 3.63) is 0 Å². The summed E-state index contributed by atoms with van der Waals surface area (Å²) in [5.74, 6) is -2.07. The quantitative estimate of drug-likeness (QED) is 0.558. The molecule has 1 aliphatic rings. The SMILES string of the molecule is CC(O)C(NC(=O)C1CCCN1S(C)(=O)=O)C(=O)O.